The van der Waals surface area contributed by atoms with E-state index in [1.807, 2.05) is 22.9 Å². The smallest absolute Gasteiger partial charge is 0.204 e. The first kappa shape index (κ1) is 17.1. The van der Waals surface area contributed by atoms with E-state index < -0.39 is 0 Å². The maximum atomic E-state index is 5.81. The number of morpholine rings is 1. The largest absolute Gasteiger partial charge is 0.379 e. The maximum absolute atomic E-state index is 5.81. The highest BCUT2D eigenvalue weighted by Crippen LogP contribution is 2.23. The molecule has 0 spiro atoms. The molecule has 6 heteroatoms. The highest BCUT2D eigenvalue weighted by Gasteiger charge is 2.17. The minimum Gasteiger partial charge on any atom is -0.379 e. The third-order valence-corrected chi connectivity index (χ3v) is 4.96. The predicted octanol–water partition coefficient (Wildman–Crippen LogP) is 3.67. The lowest BCUT2D eigenvalue weighted by molar-refractivity contribution is 0.0210. The Labute approximate surface area is 158 Å². The Morgan fingerprint density at radius 3 is 2.54 bits per heavy atom. The molecule has 1 aromatic heterocycles. The average molecular weight is 366 g/mol. The van der Waals surface area contributed by atoms with Gasteiger partial charge in [0, 0.05) is 18.7 Å². The average Bonchev–Trinajstić information content (AvgIpc) is 3.00. The van der Waals surface area contributed by atoms with Gasteiger partial charge in [0.1, 0.15) is 0 Å². The van der Waals surface area contributed by atoms with Crippen molar-refractivity contribution < 1.29 is 4.74 Å². The Kier molecular flexibility index (Phi) is 4.97. The van der Waals surface area contributed by atoms with E-state index in [-0.39, 0.29) is 0 Å². The van der Waals surface area contributed by atoms with Crippen molar-refractivity contribution in [3.8, 4) is 17.1 Å². The quantitative estimate of drug-likeness (QED) is 0.660. The van der Waals surface area contributed by atoms with Crippen LogP contribution in [0.25, 0.3) is 17.1 Å². The van der Waals surface area contributed by atoms with E-state index in [1.54, 1.807) is 0 Å². The summed E-state index contributed by atoms with van der Waals surface area (Å²) in [7, 11) is 0. The molecule has 0 saturated carbocycles. The summed E-state index contributed by atoms with van der Waals surface area (Å²) in [5, 5.41) is 4.87. The van der Waals surface area contributed by atoms with Gasteiger partial charge < -0.3 is 4.74 Å². The van der Waals surface area contributed by atoms with Crippen LogP contribution in [0.1, 0.15) is 5.56 Å². The Bertz CT molecular complexity index is 942. The van der Waals surface area contributed by atoms with Crippen molar-refractivity contribution in [3.63, 3.8) is 0 Å². The number of nitrogens with zero attached hydrogens (tertiary/aromatic N) is 4. The van der Waals surface area contributed by atoms with E-state index >= 15 is 0 Å². The molecule has 0 radical (unpaired) electrons. The Hall–Kier alpha value is -2.28. The van der Waals surface area contributed by atoms with Crippen molar-refractivity contribution in [2.24, 2.45) is 0 Å². The molecular formula is C20H22N4OS. The fourth-order valence-corrected chi connectivity index (χ4v) is 3.50. The summed E-state index contributed by atoms with van der Waals surface area (Å²) in [5.74, 6) is 0.870. The van der Waals surface area contributed by atoms with Crippen molar-refractivity contribution in [2.45, 2.75) is 13.6 Å². The summed E-state index contributed by atoms with van der Waals surface area (Å²) in [6, 6.07) is 18.6. The summed E-state index contributed by atoms with van der Waals surface area (Å²) < 4.78 is 10.1. The summed E-state index contributed by atoms with van der Waals surface area (Å²) in [6.45, 7) is 6.10. The number of benzene rings is 2. The second-order valence-electron chi connectivity index (χ2n) is 6.52. The van der Waals surface area contributed by atoms with Crippen molar-refractivity contribution in [1.29, 1.82) is 0 Å². The number of hydrogen-bond donors (Lipinski definition) is 0. The van der Waals surface area contributed by atoms with Gasteiger partial charge in [-0.15, -0.1) is 5.10 Å². The number of aromatic nitrogens is 3. The van der Waals surface area contributed by atoms with Gasteiger partial charge in [-0.3, -0.25) is 9.47 Å². The van der Waals surface area contributed by atoms with Crippen LogP contribution >= 0.6 is 12.2 Å². The summed E-state index contributed by atoms with van der Waals surface area (Å²) >= 11 is 5.81. The Morgan fingerprint density at radius 1 is 1.04 bits per heavy atom. The zero-order valence-corrected chi connectivity index (χ0v) is 15.7. The molecule has 1 fully saturated rings. The number of hydrogen-bond acceptors (Lipinski definition) is 4. The second kappa shape index (κ2) is 7.53. The fraction of sp³-hybridized carbons (Fsp3) is 0.300. The molecule has 4 rings (SSSR count). The van der Waals surface area contributed by atoms with Gasteiger partial charge in [0.2, 0.25) is 4.77 Å². The molecule has 0 unspecified atom stereocenters. The lowest BCUT2D eigenvalue weighted by Crippen LogP contribution is -2.37. The summed E-state index contributed by atoms with van der Waals surface area (Å²) in [6.07, 6.45) is 0. The van der Waals surface area contributed by atoms with E-state index in [4.69, 9.17) is 22.1 Å². The lowest BCUT2D eigenvalue weighted by atomic mass is 10.2. The molecule has 1 saturated heterocycles. The Balaban J connectivity index is 1.81. The second-order valence-corrected chi connectivity index (χ2v) is 6.88. The number of rotatable bonds is 4. The number of aryl methyl sites for hydroxylation is 1. The molecule has 0 aliphatic carbocycles. The van der Waals surface area contributed by atoms with Crippen LogP contribution in [0.5, 0.6) is 0 Å². The first-order valence-corrected chi connectivity index (χ1v) is 9.25. The van der Waals surface area contributed by atoms with Gasteiger partial charge in [0.05, 0.1) is 25.6 Å². The van der Waals surface area contributed by atoms with Crippen molar-refractivity contribution in [2.75, 3.05) is 26.3 Å². The molecule has 26 heavy (non-hydrogen) atoms. The standard InChI is InChI=1S/C20H22N4OS/c1-16-6-5-9-18(14-16)24-19(17-7-3-2-4-8-17)21-23(20(24)26)15-22-10-12-25-13-11-22/h2-9,14H,10-13,15H2,1H3. The van der Waals surface area contributed by atoms with Gasteiger partial charge in [-0.25, -0.2) is 4.68 Å². The SMILES string of the molecule is Cc1cccc(-n2c(-c3ccccc3)nn(CN3CCOCC3)c2=S)c1. The third-order valence-electron chi connectivity index (χ3n) is 4.57. The van der Waals surface area contributed by atoms with Gasteiger partial charge in [-0.2, -0.15) is 0 Å². The fourth-order valence-electron chi connectivity index (χ4n) is 3.21. The highest BCUT2D eigenvalue weighted by atomic mass is 32.1. The minimum absolute atomic E-state index is 0.681. The maximum Gasteiger partial charge on any atom is 0.204 e. The highest BCUT2D eigenvalue weighted by molar-refractivity contribution is 7.71. The van der Waals surface area contributed by atoms with Crippen LogP contribution in [-0.2, 0) is 11.4 Å². The van der Waals surface area contributed by atoms with Crippen LogP contribution in [0.3, 0.4) is 0 Å². The molecule has 1 aliphatic rings. The molecule has 5 nitrogen and oxygen atoms in total. The first-order valence-electron chi connectivity index (χ1n) is 8.85. The van der Waals surface area contributed by atoms with Crippen LogP contribution in [0.4, 0.5) is 0 Å². The molecule has 0 bridgehead atoms. The zero-order valence-electron chi connectivity index (χ0n) is 14.8. The molecule has 3 aromatic rings. The molecule has 0 amide bonds. The van der Waals surface area contributed by atoms with Crippen molar-refractivity contribution in [1.82, 2.24) is 19.2 Å². The van der Waals surface area contributed by atoms with E-state index in [0.29, 0.717) is 11.4 Å². The van der Waals surface area contributed by atoms with Gasteiger partial charge in [-0.05, 0) is 36.8 Å². The van der Waals surface area contributed by atoms with Crippen LogP contribution in [0.2, 0.25) is 0 Å². The minimum atomic E-state index is 0.681. The molecule has 0 N–H and O–H groups in total. The van der Waals surface area contributed by atoms with Gasteiger partial charge in [0.15, 0.2) is 5.82 Å². The van der Waals surface area contributed by atoms with E-state index in [0.717, 1.165) is 43.4 Å². The molecule has 1 aliphatic heterocycles. The molecule has 2 heterocycles. The molecule has 134 valence electrons. The van der Waals surface area contributed by atoms with E-state index in [9.17, 15) is 0 Å². The monoisotopic (exact) mass is 366 g/mol. The first-order chi connectivity index (χ1) is 12.7. The van der Waals surface area contributed by atoms with Gasteiger partial charge in [0.25, 0.3) is 0 Å². The number of ether oxygens (including phenoxy) is 1. The van der Waals surface area contributed by atoms with Crippen molar-refractivity contribution in [3.05, 3.63) is 64.9 Å². The predicted molar refractivity (Wildman–Crippen MR) is 105 cm³/mol. The van der Waals surface area contributed by atoms with Crippen molar-refractivity contribution >= 4 is 12.2 Å². The van der Waals surface area contributed by atoms with Crippen LogP contribution < -0.4 is 0 Å². The zero-order chi connectivity index (χ0) is 17.9. The van der Waals surface area contributed by atoms with E-state index in [2.05, 4.69) is 52.8 Å². The Morgan fingerprint density at radius 2 is 1.81 bits per heavy atom. The normalized spacial score (nSPS) is 15.3. The van der Waals surface area contributed by atoms with Gasteiger partial charge in [-0.1, -0.05) is 42.5 Å². The third kappa shape index (κ3) is 3.49. The topological polar surface area (TPSA) is 35.2 Å². The molecular weight excluding hydrogens is 344 g/mol. The van der Waals surface area contributed by atoms with E-state index in [1.165, 1.54) is 5.56 Å². The summed E-state index contributed by atoms with van der Waals surface area (Å²) in [4.78, 5) is 2.32. The van der Waals surface area contributed by atoms with Crippen LogP contribution in [0, 0.1) is 11.7 Å². The van der Waals surface area contributed by atoms with Gasteiger partial charge >= 0.3 is 0 Å². The lowest BCUT2D eigenvalue weighted by Gasteiger charge is -2.26. The van der Waals surface area contributed by atoms with Crippen LogP contribution in [-0.4, -0.2) is 45.6 Å². The summed E-state index contributed by atoms with van der Waals surface area (Å²) in [5.41, 5.74) is 3.30. The molecule has 0 atom stereocenters. The van der Waals surface area contributed by atoms with Crippen LogP contribution in [0.15, 0.2) is 54.6 Å². The molecule has 2 aromatic carbocycles.